The number of aromatic amines is 1. The Hall–Kier alpha value is -1.52. The molecule has 1 aromatic carbocycles. The molecule has 1 aliphatic heterocycles. The van der Waals surface area contributed by atoms with Crippen LogP contribution in [0.4, 0.5) is 0 Å². The summed E-state index contributed by atoms with van der Waals surface area (Å²) in [5.41, 5.74) is 1.99. The van der Waals surface area contributed by atoms with E-state index in [0.29, 0.717) is 17.4 Å². The van der Waals surface area contributed by atoms with Gasteiger partial charge in [0, 0.05) is 35.2 Å². The van der Waals surface area contributed by atoms with E-state index in [4.69, 9.17) is 11.6 Å². The first-order chi connectivity index (χ1) is 10.5. The summed E-state index contributed by atoms with van der Waals surface area (Å²) in [7, 11) is 0. The van der Waals surface area contributed by atoms with Gasteiger partial charge < -0.3 is 15.0 Å². The molecule has 0 spiro atoms. The van der Waals surface area contributed by atoms with Gasteiger partial charge in [-0.2, -0.15) is 0 Å². The number of likely N-dealkylation sites (tertiary alicyclic amines) is 1. The van der Waals surface area contributed by atoms with Crippen molar-refractivity contribution in [2.75, 3.05) is 13.1 Å². The van der Waals surface area contributed by atoms with Gasteiger partial charge in [0.25, 0.3) is 0 Å². The van der Waals surface area contributed by atoms with Crippen molar-refractivity contribution in [2.45, 2.75) is 32.3 Å². The summed E-state index contributed by atoms with van der Waals surface area (Å²) in [6, 6.07) is 5.67. The summed E-state index contributed by atoms with van der Waals surface area (Å²) in [5, 5.41) is 11.3. The maximum Gasteiger partial charge on any atom is 0.227 e. The molecule has 1 amide bonds. The van der Waals surface area contributed by atoms with Crippen LogP contribution in [0, 0.1) is 5.92 Å². The fourth-order valence-corrected chi connectivity index (χ4v) is 3.37. The molecule has 1 fully saturated rings. The Bertz CT molecular complexity index is 672. The van der Waals surface area contributed by atoms with Gasteiger partial charge in [0.05, 0.1) is 12.5 Å². The highest BCUT2D eigenvalue weighted by atomic mass is 35.5. The molecule has 1 atom stereocenters. The van der Waals surface area contributed by atoms with Crippen LogP contribution in [-0.4, -0.2) is 40.1 Å². The van der Waals surface area contributed by atoms with E-state index in [1.807, 2.05) is 36.2 Å². The van der Waals surface area contributed by atoms with Gasteiger partial charge >= 0.3 is 0 Å². The maximum absolute atomic E-state index is 12.5. The van der Waals surface area contributed by atoms with Crippen LogP contribution in [0.5, 0.6) is 0 Å². The summed E-state index contributed by atoms with van der Waals surface area (Å²) >= 11 is 6.05. The number of aromatic nitrogens is 1. The number of piperidine rings is 1. The number of rotatable bonds is 3. The molecular formula is C17H21ClN2O2. The second-order valence-electron chi connectivity index (χ2n) is 6.14. The molecule has 2 N–H and O–H groups in total. The van der Waals surface area contributed by atoms with Crippen LogP contribution in [0.15, 0.2) is 24.4 Å². The highest BCUT2D eigenvalue weighted by molar-refractivity contribution is 6.31. The fraction of sp³-hybridized carbons (Fsp3) is 0.471. The molecule has 0 saturated carbocycles. The summed E-state index contributed by atoms with van der Waals surface area (Å²) in [6.45, 7) is 3.30. The van der Waals surface area contributed by atoms with Gasteiger partial charge in [-0.15, -0.1) is 0 Å². The molecule has 0 radical (unpaired) electrons. The number of aliphatic hydroxyl groups excluding tert-OH is 1. The largest absolute Gasteiger partial charge is 0.393 e. The van der Waals surface area contributed by atoms with Gasteiger partial charge in [-0.1, -0.05) is 11.6 Å². The fourth-order valence-electron chi connectivity index (χ4n) is 3.20. The third-order valence-corrected chi connectivity index (χ3v) is 4.88. The van der Waals surface area contributed by atoms with Crippen molar-refractivity contribution in [3.63, 3.8) is 0 Å². The first-order valence-corrected chi connectivity index (χ1v) is 8.14. The molecule has 2 aromatic rings. The summed E-state index contributed by atoms with van der Waals surface area (Å²) in [4.78, 5) is 17.6. The Morgan fingerprint density at radius 3 is 2.86 bits per heavy atom. The molecule has 1 saturated heterocycles. The number of aliphatic hydroxyl groups is 1. The second-order valence-corrected chi connectivity index (χ2v) is 6.58. The van der Waals surface area contributed by atoms with E-state index in [2.05, 4.69) is 4.98 Å². The normalized spacial score (nSPS) is 17.9. The van der Waals surface area contributed by atoms with Crippen molar-refractivity contribution >= 4 is 28.4 Å². The standard InChI is InChI=1S/C17H21ClN2O2/c1-11(21)12-4-6-20(7-5-12)17(22)8-13-10-19-16-3-2-14(18)9-15(13)16/h2-3,9-12,19,21H,4-8H2,1H3. The quantitative estimate of drug-likeness (QED) is 0.913. The minimum Gasteiger partial charge on any atom is -0.393 e. The molecular weight excluding hydrogens is 300 g/mol. The van der Waals surface area contributed by atoms with Gasteiger partial charge in [0.1, 0.15) is 0 Å². The van der Waals surface area contributed by atoms with Crippen molar-refractivity contribution in [1.29, 1.82) is 0 Å². The number of nitrogens with one attached hydrogen (secondary N) is 1. The van der Waals surface area contributed by atoms with E-state index in [9.17, 15) is 9.90 Å². The van der Waals surface area contributed by atoms with Crippen LogP contribution >= 0.6 is 11.6 Å². The number of nitrogens with zero attached hydrogens (tertiary/aromatic N) is 1. The zero-order valence-corrected chi connectivity index (χ0v) is 13.4. The highest BCUT2D eigenvalue weighted by Gasteiger charge is 2.25. The van der Waals surface area contributed by atoms with E-state index in [-0.39, 0.29) is 12.0 Å². The van der Waals surface area contributed by atoms with Crippen molar-refractivity contribution in [1.82, 2.24) is 9.88 Å². The predicted molar refractivity (Wildman–Crippen MR) is 88.0 cm³/mol. The number of benzene rings is 1. The van der Waals surface area contributed by atoms with Gasteiger partial charge in [-0.3, -0.25) is 4.79 Å². The summed E-state index contributed by atoms with van der Waals surface area (Å²) < 4.78 is 0. The number of fused-ring (bicyclic) bond motifs is 1. The molecule has 5 heteroatoms. The summed E-state index contributed by atoms with van der Waals surface area (Å²) in [5.74, 6) is 0.459. The number of H-pyrrole nitrogens is 1. The van der Waals surface area contributed by atoms with Crippen molar-refractivity contribution in [3.8, 4) is 0 Å². The van der Waals surface area contributed by atoms with Gasteiger partial charge in [0.2, 0.25) is 5.91 Å². The lowest BCUT2D eigenvalue weighted by Gasteiger charge is -2.33. The SMILES string of the molecule is CC(O)C1CCN(C(=O)Cc2c[nH]c3ccc(Cl)cc23)CC1. The van der Waals surface area contributed by atoms with Crippen LogP contribution in [0.2, 0.25) is 5.02 Å². The molecule has 2 heterocycles. The minimum absolute atomic E-state index is 0.143. The number of carbonyl (C=O) groups excluding carboxylic acids is 1. The molecule has 1 aromatic heterocycles. The maximum atomic E-state index is 12.5. The van der Waals surface area contributed by atoms with E-state index >= 15 is 0 Å². The second kappa shape index (κ2) is 6.31. The molecule has 1 unspecified atom stereocenters. The lowest BCUT2D eigenvalue weighted by molar-refractivity contribution is -0.132. The number of hydrogen-bond donors (Lipinski definition) is 2. The van der Waals surface area contributed by atoms with Gasteiger partial charge in [-0.05, 0) is 49.4 Å². The number of carbonyl (C=O) groups is 1. The van der Waals surface area contributed by atoms with Crippen LogP contribution < -0.4 is 0 Å². The number of hydrogen-bond acceptors (Lipinski definition) is 2. The third kappa shape index (κ3) is 3.13. The number of halogens is 1. The molecule has 1 aliphatic rings. The Balaban J connectivity index is 1.68. The topological polar surface area (TPSA) is 56.3 Å². The number of amides is 1. The van der Waals surface area contributed by atoms with Crippen molar-refractivity contribution in [2.24, 2.45) is 5.92 Å². The van der Waals surface area contributed by atoms with Crippen LogP contribution in [0.1, 0.15) is 25.3 Å². The van der Waals surface area contributed by atoms with Crippen molar-refractivity contribution in [3.05, 3.63) is 35.0 Å². The first-order valence-electron chi connectivity index (χ1n) is 7.76. The minimum atomic E-state index is -0.284. The average Bonchev–Trinajstić information content (AvgIpc) is 2.89. The summed E-state index contributed by atoms with van der Waals surface area (Å²) in [6.07, 6.45) is 3.75. The first kappa shape index (κ1) is 15.4. The van der Waals surface area contributed by atoms with Gasteiger partial charge in [0.15, 0.2) is 0 Å². The molecule has 3 rings (SSSR count). The van der Waals surface area contributed by atoms with Crippen LogP contribution in [-0.2, 0) is 11.2 Å². The van der Waals surface area contributed by atoms with E-state index in [1.54, 1.807) is 0 Å². The van der Waals surface area contributed by atoms with Crippen LogP contribution in [0.3, 0.4) is 0 Å². The predicted octanol–water partition coefficient (Wildman–Crippen LogP) is 2.98. The molecule has 0 aliphatic carbocycles. The van der Waals surface area contributed by atoms with Crippen LogP contribution in [0.25, 0.3) is 10.9 Å². The van der Waals surface area contributed by atoms with Crippen molar-refractivity contribution < 1.29 is 9.90 Å². The molecule has 4 nitrogen and oxygen atoms in total. The zero-order valence-electron chi connectivity index (χ0n) is 12.7. The Kier molecular flexibility index (Phi) is 4.41. The average molecular weight is 321 g/mol. The molecule has 118 valence electrons. The Morgan fingerprint density at radius 1 is 1.45 bits per heavy atom. The lowest BCUT2D eigenvalue weighted by Crippen LogP contribution is -2.41. The Morgan fingerprint density at radius 2 is 2.18 bits per heavy atom. The Labute approximate surface area is 135 Å². The van der Waals surface area contributed by atoms with Gasteiger partial charge in [-0.25, -0.2) is 0 Å². The van der Waals surface area contributed by atoms with E-state index in [1.165, 1.54) is 0 Å². The van der Waals surface area contributed by atoms with E-state index < -0.39 is 0 Å². The third-order valence-electron chi connectivity index (χ3n) is 4.65. The lowest BCUT2D eigenvalue weighted by atomic mass is 9.92. The molecule has 0 bridgehead atoms. The molecule has 22 heavy (non-hydrogen) atoms. The monoisotopic (exact) mass is 320 g/mol. The van der Waals surface area contributed by atoms with E-state index in [0.717, 1.165) is 42.4 Å². The zero-order chi connectivity index (χ0) is 15.7. The highest BCUT2D eigenvalue weighted by Crippen LogP contribution is 2.25. The smallest absolute Gasteiger partial charge is 0.227 e.